The Labute approximate surface area is 198 Å². The maximum atomic E-state index is 15.0. The van der Waals surface area contributed by atoms with Gasteiger partial charge in [-0.25, -0.2) is 13.8 Å². The van der Waals surface area contributed by atoms with E-state index in [0.717, 1.165) is 33.5 Å². The Hall–Kier alpha value is -2.98. The van der Waals surface area contributed by atoms with Crippen LogP contribution in [0, 0.1) is 11.6 Å². The second-order valence-corrected chi connectivity index (χ2v) is 15.2. The zero-order valence-corrected chi connectivity index (χ0v) is 21.1. The lowest BCUT2D eigenvalue weighted by atomic mass is 9.97. The van der Waals surface area contributed by atoms with Gasteiger partial charge >= 0.3 is 0 Å². The van der Waals surface area contributed by atoms with Gasteiger partial charge in [-0.05, 0) is 23.2 Å². The molecule has 0 N–H and O–H groups in total. The normalized spacial score (nSPS) is 14.0. The summed E-state index contributed by atoms with van der Waals surface area (Å²) in [5.41, 5.74) is 1.77. The SMILES string of the molecule is COc1cc(OC)c(F)c(N2Cc3cnc4c(ccn4COCC[Si](C)(C)C)c3CC2=O)c1F. The molecule has 34 heavy (non-hydrogen) atoms. The minimum absolute atomic E-state index is 0.00669. The van der Waals surface area contributed by atoms with Crippen LogP contribution < -0.4 is 14.4 Å². The fourth-order valence-electron chi connectivity index (χ4n) is 4.04. The highest BCUT2D eigenvalue weighted by atomic mass is 28.3. The van der Waals surface area contributed by atoms with E-state index < -0.39 is 31.3 Å². The van der Waals surface area contributed by atoms with Gasteiger partial charge in [-0.3, -0.25) is 4.79 Å². The van der Waals surface area contributed by atoms with E-state index in [9.17, 15) is 4.79 Å². The molecule has 0 saturated carbocycles. The van der Waals surface area contributed by atoms with Crippen molar-refractivity contribution in [3.63, 3.8) is 0 Å². The van der Waals surface area contributed by atoms with Crippen LogP contribution >= 0.6 is 0 Å². The number of carbonyl (C=O) groups is 1. The van der Waals surface area contributed by atoms with Crippen molar-refractivity contribution in [1.29, 1.82) is 0 Å². The third-order valence-corrected chi connectivity index (χ3v) is 7.70. The molecule has 1 aromatic carbocycles. The van der Waals surface area contributed by atoms with E-state index in [2.05, 4.69) is 24.6 Å². The molecule has 1 aliphatic heterocycles. The molecule has 2 aromatic heterocycles. The summed E-state index contributed by atoms with van der Waals surface area (Å²) in [5.74, 6) is -2.73. The van der Waals surface area contributed by atoms with E-state index in [0.29, 0.717) is 19.0 Å². The predicted molar refractivity (Wildman–Crippen MR) is 128 cm³/mol. The number of amides is 1. The van der Waals surface area contributed by atoms with E-state index in [1.807, 2.05) is 16.8 Å². The van der Waals surface area contributed by atoms with Gasteiger partial charge in [0.25, 0.3) is 0 Å². The first-order chi connectivity index (χ1) is 16.1. The van der Waals surface area contributed by atoms with Gasteiger partial charge in [0.05, 0.1) is 27.2 Å². The number of rotatable bonds is 8. The van der Waals surface area contributed by atoms with Crippen molar-refractivity contribution in [2.75, 3.05) is 25.7 Å². The molecular formula is C24H29F2N3O4Si. The summed E-state index contributed by atoms with van der Waals surface area (Å²) in [4.78, 5) is 18.7. The number of nitrogens with zero attached hydrogens (tertiary/aromatic N) is 3. The quantitative estimate of drug-likeness (QED) is 0.338. The van der Waals surface area contributed by atoms with Crippen LogP contribution in [0.3, 0.4) is 0 Å². The van der Waals surface area contributed by atoms with Crippen LogP contribution in [0.5, 0.6) is 11.5 Å². The number of carbonyl (C=O) groups excluding carboxylic acids is 1. The van der Waals surface area contributed by atoms with Gasteiger partial charge in [0.15, 0.2) is 23.1 Å². The summed E-state index contributed by atoms with van der Waals surface area (Å²) in [5, 5.41) is 0.837. The second-order valence-electron chi connectivity index (χ2n) is 9.55. The third kappa shape index (κ3) is 4.52. The number of aromatic nitrogens is 2. The first-order valence-corrected chi connectivity index (χ1v) is 14.8. The molecular weight excluding hydrogens is 460 g/mol. The smallest absolute Gasteiger partial charge is 0.231 e. The van der Waals surface area contributed by atoms with Crippen molar-refractivity contribution in [3.8, 4) is 11.5 Å². The van der Waals surface area contributed by atoms with Gasteiger partial charge in [0, 0.05) is 38.5 Å². The highest BCUT2D eigenvalue weighted by molar-refractivity contribution is 6.76. The molecule has 1 aliphatic rings. The van der Waals surface area contributed by atoms with Crippen LogP contribution in [-0.2, 0) is 29.2 Å². The maximum Gasteiger partial charge on any atom is 0.231 e. The lowest BCUT2D eigenvalue weighted by molar-refractivity contribution is -0.118. The van der Waals surface area contributed by atoms with Crippen LogP contribution in [0.15, 0.2) is 24.5 Å². The molecule has 10 heteroatoms. The van der Waals surface area contributed by atoms with Crippen LogP contribution in [0.2, 0.25) is 25.7 Å². The highest BCUT2D eigenvalue weighted by Crippen LogP contribution is 2.39. The molecule has 0 bridgehead atoms. The molecule has 7 nitrogen and oxygen atoms in total. The molecule has 1 amide bonds. The van der Waals surface area contributed by atoms with Crippen molar-refractivity contribution in [2.45, 2.75) is 45.4 Å². The number of hydrogen-bond acceptors (Lipinski definition) is 5. The Kier molecular flexibility index (Phi) is 6.63. The Bertz CT molecular complexity index is 1210. The Balaban J connectivity index is 1.63. The first kappa shape index (κ1) is 24.2. The summed E-state index contributed by atoms with van der Waals surface area (Å²) in [6, 6.07) is 4.10. The summed E-state index contributed by atoms with van der Waals surface area (Å²) in [6.45, 7) is 7.95. The molecule has 0 aliphatic carbocycles. The van der Waals surface area contributed by atoms with Gasteiger partial charge in [0.1, 0.15) is 18.1 Å². The Morgan fingerprint density at radius 2 is 1.79 bits per heavy atom. The average Bonchev–Trinajstić information content (AvgIpc) is 3.20. The lowest BCUT2D eigenvalue weighted by Gasteiger charge is -2.30. The van der Waals surface area contributed by atoms with Gasteiger partial charge < -0.3 is 23.7 Å². The second kappa shape index (κ2) is 9.34. The molecule has 0 fully saturated rings. The first-order valence-electron chi connectivity index (χ1n) is 11.1. The predicted octanol–water partition coefficient (Wildman–Crippen LogP) is 4.73. The average molecular weight is 490 g/mol. The number of ether oxygens (including phenoxy) is 3. The zero-order valence-electron chi connectivity index (χ0n) is 20.1. The third-order valence-electron chi connectivity index (χ3n) is 5.99. The van der Waals surface area contributed by atoms with Crippen LogP contribution in [0.4, 0.5) is 14.5 Å². The monoisotopic (exact) mass is 489 g/mol. The van der Waals surface area contributed by atoms with E-state index in [4.69, 9.17) is 14.2 Å². The molecule has 4 rings (SSSR count). The van der Waals surface area contributed by atoms with Crippen molar-refractivity contribution < 1.29 is 27.8 Å². The molecule has 0 unspecified atom stereocenters. The Morgan fingerprint density at radius 1 is 1.12 bits per heavy atom. The fourth-order valence-corrected chi connectivity index (χ4v) is 4.80. The maximum absolute atomic E-state index is 15.0. The number of benzene rings is 1. The number of methoxy groups -OCH3 is 2. The zero-order chi connectivity index (χ0) is 24.6. The van der Waals surface area contributed by atoms with Crippen LogP contribution in [0.25, 0.3) is 11.0 Å². The minimum atomic E-state index is -1.18. The molecule has 3 aromatic rings. The number of fused-ring (bicyclic) bond motifs is 3. The topological polar surface area (TPSA) is 65.8 Å². The van der Waals surface area contributed by atoms with E-state index in [1.165, 1.54) is 14.2 Å². The van der Waals surface area contributed by atoms with E-state index in [1.54, 1.807) is 6.20 Å². The van der Waals surface area contributed by atoms with Crippen molar-refractivity contribution in [3.05, 3.63) is 47.3 Å². The van der Waals surface area contributed by atoms with E-state index in [-0.39, 0.29) is 24.5 Å². The number of halogens is 2. The van der Waals surface area contributed by atoms with Crippen LogP contribution in [-0.4, -0.2) is 44.4 Å². The lowest BCUT2D eigenvalue weighted by Crippen LogP contribution is -2.37. The molecule has 0 saturated heterocycles. The molecule has 0 spiro atoms. The molecule has 182 valence electrons. The minimum Gasteiger partial charge on any atom is -0.493 e. The van der Waals surface area contributed by atoms with Gasteiger partial charge in [0.2, 0.25) is 5.91 Å². The standard InChI is InChI=1S/C24H29F2N3O4Si/c1-31-18-11-19(32-2)22(26)23(21(18)25)29-13-15-12-27-24-16(17(15)10-20(29)30)6-7-28(24)14-33-8-9-34(3,4)5/h6-7,11-12H,8-10,13-14H2,1-5H3. The summed E-state index contributed by atoms with van der Waals surface area (Å²) < 4.78 is 47.8. The highest BCUT2D eigenvalue weighted by Gasteiger charge is 2.33. The van der Waals surface area contributed by atoms with Crippen molar-refractivity contribution in [2.24, 2.45) is 0 Å². The molecule has 0 radical (unpaired) electrons. The fraction of sp³-hybridized carbons (Fsp3) is 0.417. The van der Waals surface area contributed by atoms with Gasteiger partial charge in [-0.15, -0.1) is 0 Å². The summed E-state index contributed by atoms with van der Waals surface area (Å²) in [6.07, 6.45) is 3.53. The van der Waals surface area contributed by atoms with E-state index >= 15 is 8.78 Å². The molecule has 0 atom stereocenters. The molecule has 3 heterocycles. The number of hydrogen-bond donors (Lipinski definition) is 0. The largest absolute Gasteiger partial charge is 0.493 e. The van der Waals surface area contributed by atoms with Crippen LogP contribution in [0.1, 0.15) is 11.1 Å². The summed E-state index contributed by atoms with van der Waals surface area (Å²) >= 11 is 0. The Morgan fingerprint density at radius 3 is 2.41 bits per heavy atom. The van der Waals surface area contributed by atoms with Gasteiger partial charge in [-0.2, -0.15) is 0 Å². The van der Waals surface area contributed by atoms with Crippen molar-refractivity contribution in [1.82, 2.24) is 9.55 Å². The number of anilines is 1. The van der Waals surface area contributed by atoms with Gasteiger partial charge in [-0.1, -0.05) is 19.6 Å². The summed E-state index contributed by atoms with van der Waals surface area (Å²) in [7, 11) is 1.37. The van der Waals surface area contributed by atoms with Crippen molar-refractivity contribution >= 4 is 30.7 Å². The number of pyridine rings is 1.